The van der Waals surface area contributed by atoms with Gasteiger partial charge in [0, 0.05) is 4.88 Å². The van der Waals surface area contributed by atoms with E-state index in [4.69, 9.17) is 12.2 Å². The van der Waals surface area contributed by atoms with Crippen LogP contribution < -0.4 is 0 Å². The molecule has 0 unspecified atom stereocenters. The van der Waals surface area contributed by atoms with Gasteiger partial charge in [-0.25, -0.2) is 9.49 Å². The Morgan fingerprint density at radius 1 is 1.30 bits per heavy atom. The molecule has 7 heteroatoms. The molecular formula is C13H9FN4S2. The Bertz CT molecular complexity index is 802. The van der Waals surface area contributed by atoms with Crippen molar-refractivity contribution in [2.24, 2.45) is 5.10 Å². The molecule has 0 bridgehead atoms. The van der Waals surface area contributed by atoms with E-state index in [0.29, 0.717) is 16.2 Å². The van der Waals surface area contributed by atoms with Gasteiger partial charge in [-0.1, -0.05) is 18.2 Å². The summed E-state index contributed by atoms with van der Waals surface area (Å²) in [5.74, 6) is -0.0185. The summed E-state index contributed by atoms with van der Waals surface area (Å²) in [7, 11) is 0. The number of nitrogens with one attached hydrogen (secondary N) is 1. The van der Waals surface area contributed by atoms with Crippen molar-refractivity contribution in [3.63, 3.8) is 0 Å². The highest BCUT2D eigenvalue weighted by atomic mass is 32.1. The van der Waals surface area contributed by atoms with Crippen molar-refractivity contribution in [2.75, 3.05) is 0 Å². The van der Waals surface area contributed by atoms with Gasteiger partial charge in [0.15, 0.2) is 5.82 Å². The Labute approximate surface area is 123 Å². The molecular weight excluding hydrogens is 295 g/mol. The molecule has 0 saturated heterocycles. The zero-order valence-corrected chi connectivity index (χ0v) is 11.8. The third kappa shape index (κ3) is 2.45. The van der Waals surface area contributed by atoms with E-state index in [0.717, 1.165) is 4.88 Å². The Hall–Kier alpha value is -2.12. The molecule has 1 N–H and O–H groups in total. The molecule has 0 radical (unpaired) electrons. The Balaban J connectivity index is 2.07. The molecule has 1 aromatic carbocycles. The van der Waals surface area contributed by atoms with Gasteiger partial charge in [-0.05, 0) is 35.8 Å². The molecule has 0 aliphatic carbocycles. The zero-order valence-electron chi connectivity index (χ0n) is 10.2. The van der Waals surface area contributed by atoms with Crippen LogP contribution in [0.15, 0.2) is 46.9 Å². The van der Waals surface area contributed by atoms with Crippen molar-refractivity contribution < 1.29 is 4.39 Å². The summed E-state index contributed by atoms with van der Waals surface area (Å²) in [6.45, 7) is 0. The number of rotatable bonds is 3. The molecule has 2 aromatic heterocycles. The lowest BCUT2D eigenvalue weighted by Crippen LogP contribution is -1.96. The molecule has 2 heterocycles. The number of halogens is 1. The van der Waals surface area contributed by atoms with Gasteiger partial charge in [-0.2, -0.15) is 14.9 Å². The van der Waals surface area contributed by atoms with Gasteiger partial charge < -0.3 is 0 Å². The van der Waals surface area contributed by atoms with E-state index in [-0.39, 0.29) is 5.82 Å². The van der Waals surface area contributed by atoms with E-state index in [1.165, 1.54) is 10.7 Å². The van der Waals surface area contributed by atoms with Gasteiger partial charge in [0.25, 0.3) is 0 Å². The third-order valence-corrected chi connectivity index (χ3v) is 3.68. The van der Waals surface area contributed by atoms with Crippen LogP contribution in [0.5, 0.6) is 0 Å². The van der Waals surface area contributed by atoms with Crippen molar-refractivity contribution >= 4 is 29.8 Å². The maximum atomic E-state index is 13.8. The van der Waals surface area contributed by atoms with E-state index < -0.39 is 0 Å². The minimum Gasteiger partial charge on any atom is -0.250 e. The Morgan fingerprint density at radius 3 is 2.90 bits per heavy atom. The van der Waals surface area contributed by atoms with Crippen LogP contribution in [0, 0.1) is 10.6 Å². The number of aromatic amines is 1. The average Bonchev–Trinajstić information content (AvgIpc) is 3.07. The highest BCUT2D eigenvalue weighted by Crippen LogP contribution is 2.20. The van der Waals surface area contributed by atoms with E-state index in [2.05, 4.69) is 15.3 Å². The molecule has 3 rings (SSSR count). The van der Waals surface area contributed by atoms with Crippen molar-refractivity contribution in [3.05, 3.63) is 57.2 Å². The van der Waals surface area contributed by atoms with Crippen LogP contribution in [0.3, 0.4) is 0 Å². The summed E-state index contributed by atoms with van der Waals surface area (Å²) in [5.41, 5.74) is 0.350. The molecule has 3 aromatic rings. The Kier molecular flexibility index (Phi) is 3.53. The summed E-state index contributed by atoms with van der Waals surface area (Å²) in [4.78, 5) is 0.979. The highest BCUT2D eigenvalue weighted by Gasteiger charge is 2.12. The van der Waals surface area contributed by atoms with Crippen LogP contribution in [0.2, 0.25) is 0 Å². The van der Waals surface area contributed by atoms with Crippen molar-refractivity contribution in [1.82, 2.24) is 14.9 Å². The Morgan fingerprint density at radius 2 is 2.15 bits per heavy atom. The summed E-state index contributed by atoms with van der Waals surface area (Å²) in [6, 6.07) is 10.2. The van der Waals surface area contributed by atoms with Crippen molar-refractivity contribution in [2.45, 2.75) is 0 Å². The fourth-order valence-electron chi connectivity index (χ4n) is 1.70. The topological polar surface area (TPSA) is 46.0 Å². The smallest absolute Gasteiger partial charge is 0.216 e. The predicted molar refractivity (Wildman–Crippen MR) is 80.1 cm³/mol. The standard InChI is InChI=1S/C13H9FN4S2/c14-11-6-2-1-5-10(11)12-16-17-13(19)18(12)15-8-9-4-3-7-20-9/h1-8H,(H,17,19)/b15-8+. The van der Waals surface area contributed by atoms with Crippen molar-refractivity contribution in [1.29, 1.82) is 0 Å². The summed E-state index contributed by atoms with van der Waals surface area (Å²) < 4.78 is 15.6. The second kappa shape index (κ2) is 5.48. The van der Waals surface area contributed by atoms with E-state index >= 15 is 0 Å². The summed E-state index contributed by atoms with van der Waals surface area (Å²) in [5, 5.41) is 12.9. The second-order valence-electron chi connectivity index (χ2n) is 3.90. The van der Waals surface area contributed by atoms with Crippen LogP contribution in [-0.4, -0.2) is 21.1 Å². The first-order valence-electron chi connectivity index (χ1n) is 5.76. The van der Waals surface area contributed by atoms with Crippen molar-refractivity contribution in [3.8, 4) is 11.4 Å². The molecule has 0 amide bonds. The first kappa shape index (κ1) is 12.9. The van der Waals surface area contributed by atoms with Gasteiger partial charge in [0.1, 0.15) is 5.82 Å². The molecule has 0 saturated carbocycles. The molecule has 0 fully saturated rings. The fourth-order valence-corrected chi connectivity index (χ4v) is 2.45. The third-order valence-electron chi connectivity index (χ3n) is 2.61. The lowest BCUT2D eigenvalue weighted by Gasteiger charge is -2.01. The summed E-state index contributed by atoms with van der Waals surface area (Å²) in [6.07, 6.45) is 1.67. The van der Waals surface area contributed by atoms with Crippen LogP contribution in [0.1, 0.15) is 4.88 Å². The number of nitrogens with zero attached hydrogens (tertiary/aromatic N) is 3. The number of hydrogen-bond acceptors (Lipinski definition) is 4. The number of H-pyrrole nitrogens is 1. The monoisotopic (exact) mass is 304 g/mol. The van der Waals surface area contributed by atoms with Crippen LogP contribution in [0.25, 0.3) is 11.4 Å². The quantitative estimate of drug-likeness (QED) is 0.592. The highest BCUT2D eigenvalue weighted by molar-refractivity contribution is 7.71. The first-order valence-corrected chi connectivity index (χ1v) is 7.04. The minimum absolute atomic E-state index is 0.316. The average molecular weight is 304 g/mol. The molecule has 0 atom stereocenters. The van der Waals surface area contributed by atoms with Gasteiger partial charge >= 0.3 is 0 Å². The maximum absolute atomic E-state index is 13.8. The van der Waals surface area contributed by atoms with Crippen LogP contribution in [-0.2, 0) is 0 Å². The summed E-state index contributed by atoms with van der Waals surface area (Å²) >= 11 is 6.68. The molecule has 100 valence electrons. The van der Waals surface area contributed by atoms with Gasteiger partial charge in [0.2, 0.25) is 4.77 Å². The molecule has 20 heavy (non-hydrogen) atoms. The zero-order chi connectivity index (χ0) is 13.9. The number of thiophene rings is 1. The van der Waals surface area contributed by atoms with Crippen LogP contribution >= 0.6 is 23.6 Å². The fraction of sp³-hybridized carbons (Fsp3) is 0. The molecule has 4 nitrogen and oxygen atoms in total. The maximum Gasteiger partial charge on any atom is 0.216 e. The van der Waals surface area contributed by atoms with E-state index in [1.54, 1.807) is 35.8 Å². The number of aromatic nitrogens is 3. The van der Waals surface area contributed by atoms with Gasteiger partial charge in [-0.3, -0.25) is 0 Å². The second-order valence-corrected chi connectivity index (χ2v) is 5.27. The molecule has 0 aliphatic heterocycles. The largest absolute Gasteiger partial charge is 0.250 e. The van der Waals surface area contributed by atoms with E-state index in [1.807, 2.05) is 17.5 Å². The van der Waals surface area contributed by atoms with Gasteiger partial charge in [-0.15, -0.1) is 11.3 Å². The lowest BCUT2D eigenvalue weighted by atomic mass is 10.2. The lowest BCUT2D eigenvalue weighted by molar-refractivity contribution is 0.628. The molecule has 0 spiro atoms. The first-order chi connectivity index (χ1) is 9.75. The normalized spacial score (nSPS) is 11.2. The SMILES string of the molecule is Fc1ccccc1-c1n[nH]c(=S)n1/N=C/c1cccs1. The minimum atomic E-state index is -0.367. The van der Waals surface area contributed by atoms with E-state index in [9.17, 15) is 4.39 Å². The molecule has 0 aliphatic rings. The predicted octanol–water partition coefficient (Wildman–Crippen LogP) is 3.69. The van der Waals surface area contributed by atoms with Gasteiger partial charge in [0.05, 0.1) is 11.8 Å². The van der Waals surface area contributed by atoms with Crippen LogP contribution in [0.4, 0.5) is 4.39 Å². The number of benzene rings is 1. The number of hydrogen-bond donors (Lipinski definition) is 1.